The number of alkyl halides is 1. The first kappa shape index (κ1) is 29.6. The van der Waals surface area contributed by atoms with E-state index in [2.05, 4.69) is 19.9 Å². The molecule has 12 nitrogen and oxygen atoms in total. The highest BCUT2D eigenvalue weighted by Gasteiger charge is 2.50. The first-order valence-electron chi connectivity index (χ1n) is 16.6. The maximum absolute atomic E-state index is 14.6. The van der Waals surface area contributed by atoms with E-state index in [1.807, 2.05) is 23.0 Å². The number of anilines is 2. The van der Waals surface area contributed by atoms with Gasteiger partial charge in [-0.3, -0.25) is 14.4 Å². The molecule has 3 aromatic heterocycles. The monoisotopic (exact) mass is 631 g/mol. The van der Waals surface area contributed by atoms with Crippen molar-refractivity contribution in [1.82, 2.24) is 34.5 Å². The number of nitrogens with zero attached hydrogens (tertiary/aromatic N) is 8. The number of hydrogen-bond donors (Lipinski definition) is 1. The molecule has 13 heteroatoms. The van der Waals surface area contributed by atoms with E-state index in [-0.39, 0.29) is 11.4 Å². The molecular formula is C33H42FN9O3. The number of nitrogens with two attached hydrogens (primary N) is 1. The van der Waals surface area contributed by atoms with Crippen molar-refractivity contribution in [2.75, 3.05) is 51.0 Å². The third-order valence-corrected chi connectivity index (χ3v) is 10.7. The summed E-state index contributed by atoms with van der Waals surface area (Å²) in [4.78, 5) is 33.2. The van der Waals surface area contributed by atoms with E-state index in [9.17, 15) is 9.18 Å². The van der Waals surface area contributed by atoms with Crippen LogP contribution in [0.2, 0.25) is 0 Å². The summed E-state index contributed by atoms with van der Waals surface area (Å²) in [5, 5.41) is 4.63. The van der Waals surface area contributed by atoms with Gasteiger partial charge in [-0.25, -0.2) is 9.37 Å². The van der Waals surface area contributed by atoms with Gasteiger partial charge in [-0.05, 0) is 68.3 Å². The van der Waals surface area contributed by atoms with Gasteiger partial charge in [0.1, 0.15) is 24.4 Å². The highest BCUT2D eigenvalue weighted by Crippen LogP contribution is 2.47. The minimum Gasteiger partial charge on any atom is -0.461 e. The Morgan fingerprint density at radius 1 is 1.17 bits per heavy atom. The summed E-state index contributed by atoms with van der Waals surface area (Å²) in [6.07, 6.45) is 7.69. The minimum absolute atomic E-state index is 0.118. The Morgan fingerprint density at radius 3 is 2.93 bits per heavy atom. The summed E-state index contributed by atoms with van der Waals surface area (Å²) < 4.78 is 29.8. The largest absolute Gasteiger partial charge is 0.461 e. The van der Waals surface area contributed by atoms with E-state index in [1.54, 1.807) is 19.0 Å². The van der Waals surface area contributed by atoms with Crippen LogP contribution in [0.25, 0.3) is 0 Å². The zero-order valence-electron chi connectivity index (χ0n) is 26.7. The fourth-order valence-corrected chi connectivity index (χ4v) is 8.43. The molecule has 0 radical (unpaired) electrons. The SMILES string of the molecule is CN(C)C(=O)c1cc2n(n1)CCCN(c1nc(OC[C@@]34CCCN3C[C@H](F)C4)nc3c1COC1(CCCc4cnc(N)cc41)C3)C2. The molecular weight excluding hydrogens is 589 g/mol. The van der Waals surface area contributed by atoms with Crippen molar-refractivity contribution in [3.63, 3.8) is 0 Å². The molecule has 46 heavy (non-hydrogen) atoms. The molecule has 0 saturated carbocycles. The topological polar surface area (TPSA) is 128 Å². The van der Waals surface area contributed by atoms with Gasteiger partial charge in [-0.15, -0.1) is 0 Å². The number of pyridine rings is 1. The third-order valence-electron chi connectivity index (χ3n) is 10.7. The van der Waals surface area contributed by atoms with Crippen molar-refractivity contribution in [2.24, 2.45) is 0 Å². The van der Waals surface area contributed by atoms with E-state index in [4.69, 9.17) is 25.2 Å². The number of aryl methyl sites for hydroxylation is 2. The Labute approximate surface area is 268 Å². The number of amides is 1. The summed E-state index contributed by atoms with van der Waals surface area (Å²) >= 11 is 0. The van der Waals surface area contributed by atoms with Gasteiger partial charge in [-0.2, -0.15) is 15.1 Å². The second-order valence-electron chi connectivity index (χ2n) is 13.9. The molecule has 2 N–H and O–H groups in total. The zero-order chi connectivity index (χ0) is 31.6. The van der Waals surface area contributed by atoms with Crippen LogP contribution in [-0.4, -0.2) is 92.5 Å². The normalized spacial score (nSPS) is 27.1. The van der Waals surface area contributed by atoms with Crippen LogP contribution in [0.5, 0.6) is 6.01 Å². The minimum atomic E-state index is -0.833. The summed E-state index contributed by atoms with van der Waals surface area (Å²) in [5.74, 6) is 1.15. The standard InChI is InChI=1S/C33H42FN9O3/c1-40(2)30(44)26-12-23-18-41(9-5-11-43(23)39-26)29-24-19-46-33(8-3-6-21-16-36-28(35)13-25(21)33)15-27(24)37-31(38-29)45-20-32-7-4-10-42(32)17-22(34)14-32/h12-13,16,22H,3-11,14-15,17-20H2,1-2H3,(H2,35,36)/t22-,32+,33?/m1/s1. The van der Waals surface area contributed by atoms with Crippen molar-refractivity contribution in [3.05, 3.63) is 52.1 Å². The van der Waals surface area contributed by atoms with Crippen molar-refractivity contribution in [2.45, 2.75) is 88.4 Å². The lowest BCUT2D eigenvalue weighted by Gasteiger charge is -2.42. The molecule has 2 fully saturated rings. The number of fused-ring (bicyclic) bond motifs is 5. The quantitative estimate of drug-likeness (QED) is 0.449. The van der Waals surface area contributed by atoms with E-state index in [0.717, 1.165) is 79.9 Å². The zero-order valence-corrected chi connectivity index (χ0v) is 26.7. The fraction of sp³-hybridized carbons (Fsp3) is 0.606. The number of hydrogen-bond acceptors (Lipinski definition) is 10. The molecule has 7 heterocycles. The number of ether oxygens (including phenoxy) is 2. The molecule has 244 valence electrons. The second-order valence-corrected chi connectivity index (χ2v) is 13.9. The van der Waals surface area contributed by atoms with Gasteiger partial charge >= 0.3 is 6.01 Å². The van der Waals surface area contributed by atoms with Gasteiger partial charge < -0.3 is 25.0 Å². The van der Waals surface area contributed by atoms with Crippen LogP contribution in [0.3, 0.4) is 0 Å². The lowest BCUT2D eigenvalue weighted by Crippen LogP contribution is -2.44. The van der Waals surface area contributed by atoms with Gasteiger partial charge in [0, 0.05) is 58.3 Å². The Kier molecular flexibility index (Phi) is 7.16. The molecule has 1 spiro atoms. The lowest BCUT2D eigenvalue weighted by molar-refractivity contribution is -0.0856. The molecule has 3 atom stereocenters. The summed E-state index contributed by atoms with van der Waals surface area (Å²) in [7, 11) is 3.47. The Morgan fingerprint density at radius 2 is 2.07 bits per heavy atom. The van der Waals surface area contributed by atoms with Gasteiger partial charge in [0.2, 0.25) is 0 Å². The summed E-state index contributed by atoms with van der Waals surface area (Å²) in [5.41, 5.74) is 10.8. The number of aromatic nitrogens is 5. The van der Waals surface area contributed by atoms with Gasteiger partial charge in [0.15, 0.2) is 5.69 Å². The molecule has 3 aromatic rings. The van der Waals surface area contributed by atoms with Crippen LogP contribution in [-0.2, 0) is 42.9 Å². The molecule has 8 rings (SSSR count). The maximum atomic E-state index is 14.6. The second kappa shape index (κ2) is 11.2. The number of nitrogen functional groups attached to an aromatic ring is 1. The van der Waals surface area contributed by atoms with Crippen LogP contribution in [0.15, 0.2) is 18.3 Å². The predicted octanol–water partition coefficient (Wildman–Crippen LogP) is 3.02. The Balaban J connectivity index is 1.16. The molecule has 5 aliphatic rings. The molecule has 1 amide bonds. The van der Waals surface area contributed by atoms with Crippen LogP contribution in [0, 0.1) is 0 Å². The molecule has 1 unspecified atom stereocenters. The van der Waals surface area contributed by atoms with E-state index in [0.29, 0.717) is 63.2 Å². The Hall–Kier alpha value is -3.84. The number of rotatable bonds is 5. The van der Waals surface area contributed by atoms with Crippen molar-refractivity contribution in [3.8, 4) is 6.01 Å². The van der Waals surface area contributed by atoms with E-state index >= 15 is 0 Å². The summed E-state index contributed by atoms with van der Waals surface area (Å²) in [6, 6.07) is 4.17. The number of carbonyl (C=O) groups excluding carboxylic acids is 1. The predicted molar refractivity (Wildman–Crippen MR) is 168 cm³/mol. The fourth-order valence-electron chi connectivity index (χ4n) is 8.43. The average Bonchev–Trinajstić information content (AvgIpc) is 3.66. The first-order chi connectivity index (χ1) is 22.2. The number of carbonyl (C=O) groups is 1. The first-order valence-corrected chi connectivity index (χ1v) is 16.6. The van der Waals surface area contributed by atoms with Crippen molar-refractivity contribution >= 4 is 17.5 Å². The smallest absolute Gasteiger partial charge is 0.318 e. The van der Waals surface area contributed by atoms with Gasteiger partial charge in [0.05, 0.1) is 35.7 Å². The van der Waals surface area contributed by atoms with Crippen molar-refractivity contribution in [1.29, 1.82) is 0 Å². The summed E-state index contributed by atoms with van der Waals surface area (Å²) in [6.45, 7) is 4.08. The van der Waals surface area contributed by atoms with Crippen LogP contribution < -0.4 is 15.4 Å². The number of halogens is 1. The molecule has 0 bridgehead atoms. The highest BCUT2D eigenvalue weighted by atomic mass is 19.1. The average molecular weight is 632 g/mol. The maximum Gasteiger partial charge on any atom is 0.318 e. The van der Waals surface area contributed by atoms with Gasteiger partial charge in [0.25, 0.3) is 5.91 Å². The molecule has 0 aromatic carbocycles. The lowest BCUT2D eigenvalue weighted by atomic mass is 9.75. The molecule has 2 saturated heterocycles. The third kappa shape index (κ3) is 4.98. The van der Waals surface area contributed by atoms with Crippen LogP contribution >= 0.6 is 0 Å². The van der Waals surface area contributed by atoms with Crippen LogP contribution in [0.4, 0.5) is 16.0 Å². The van der Waals surface area contributed by atoms with E-state index in [1.165, 1.54) is 5.56 Å². The molecule has 1 aliphatic carbocycles. The van der Waals surface area contributed by atoms with E-state index < -0.39 is 11.8 Å². The van der Waals surface area contributed by atoms with Gasteiger partial charge in [-0.1, -0.05) is 0 Å². The highest BCUT2D eigenvalue weighted by molar-refractivity contribution is 5.92. The molecule has 4 aliphatic heterocycles. The van der Waals surface area contributed by atoms with Crippen molar-refractivity contribution < 1.29 is 18.7 Å². The van der Waals surface area contributed by atoms with Crippen LogP contribution in [0.1, 0.15) is 77.1 Å². The Bertz CT molecular complexity index is 1680.